The number of piperidine rings is 1. The highest BCUT2D eigenvalue weighted by Gasteiger charge is 2.32. The van der Waals surface area contributed by atoms with Crippen LogP contribution in [0.4, 0.5) is 6.01 Å². The van der Waals surface area contributed by atoms with E-state index in [0.717, 1.165) is 67.9 Å². The van der Waals surface area contributed by atoms with Crippen LogP contribution in [0, 0.1) is 30.1 Å². The fraction of sp³-hybridized carbons (Fsp3) is 0.529. The molecule has 5 rings (SSSR count). The van der Waals surface area contributed by atoms with Crippen molar-refractivity contribution in [1.29, 1.82) is 5.26 Å². The van der Waals surface area contributed by atoms with E-state index in [9.17, 15) is 18.5 Å². The van der Waals surface area contributed by atoms with Gasteiger partial charge >= 0.3 is 6.01 Å². The monoisotopic (exact) mass is 666 g/mol. The molecule has 47 heavy (non-hydrogen) atoms. The minimum absolute atomic E-state index is 0.0666. The van der Waals surface area contributed by atoms with E-state index in [1.807, 2.05) is 31.2 Å². The van der Waals surface area contributed by atoms with Gasteiger partial charge in [-0.2, -0.15) is 18.7 Å². The molecule has 254 valence electrons. The normalized spacial score (nSPS) is 18.3. The molecular formula is C34H46N6O6S. The molecule has 1 aromatic heterocycles. The molecule has 1 amide bonds. The predicted molar refractivity (Wildman–Crippen MR) is 177 cm³/mol. The quantitative estimate of drug-likeness (QED) is 0.270. The summed E-state index contributed by atoms with van der Waals surface area (Å²) in [5, 5.41) is 13.3. The number of aromatic nitrogens is 2. The Morgan fingerprint density at radius 3 is 2.32 bits per heavy atom. The lowest BCUT2D eigenvalue weighted by atomic mass is 9.84. The number of rotatable bonds is 10. The minimum atomic E-state index is -4.02. The minimum Gasteiger partial charge on any atom is -0.494 e. The summed E-state index contributed by atoms with van der Waals surface area (Å²) >= 11 is 0. The van der Waals surface area contributed by atoms with Crippen molar-refractivity contribution in [3.63, 3.8) is 0 Å². The summed E-state index contributed by atoms with van der Waals surface area (Å²) in [6, 6.07) is 15.1. The Kier molecular flexibility index (Phi) is 12.4. The summed E-state index contributed by atoms with van der Waals surface area (Å²) < 4.78 is 41.0. The maximum absolute atomic E-state index is 12.7. The highest BCUT2D eigenvalue weighted by atomic mass is 32.2. The van der Waals surface area contributed by atoms with Crippen molar-refractivity contribution in [2.45, 2.75) is 82.7 Å². The van der Waals surface area contributed by atoms with Crippen molar-refractivity contribution in [3.8, 4) is 11.8 Å². The molecule has 12 nitrogen and oxygen atoms in total. The molecule has 3 atom stereocenters. The molecule has 0 spiro atoms. The van der Waals surface area contributed by atoms with Crippen molar-refractivity contribution in [1.82, 2.24) is 15.0 Å². The number of benzene rings is 2. The number of anilines is 1. The van der Waals surface area contributed by atoms with Crippen LogP contribution >= 0.6 is 0 Å². The van der Waals surface area contributed by atoms with Crippen molar-refractivity contribution in [2.24, 2.45) is 17.6 Å². The first-order chi connectivity index (χ1) is 22.4. The SMILES string of the molecule is CC(C)c1noc(N2CCC([C@H](C)CCOc3ccc([C@H](N)C(=O)N4CCC[C@H]4C#N)cc3)CC2)n1.Cc1ccc(S(=O)(=O)O)cc1. The number of carbonyl (C=O) groups excluding carboxylic acids is 1. The molecule has 13 heteroatoms. The molecule has 3 heterocycles. The van der Waals surface area contributed by atoms with Crippen LogP contribution in [-0.2, 0) is 14.9 Å². The molecule has 2 aromatic carbocycles. The van der Waals surface area contributed by atoms with Crippen LogP contribution in [0.5, 0.6) is 5.75 Å². The number of likely N-dealkylation sites (tertiary alicyclic amines) is 1. The Morgan fingerprint density at radius 2 is 1.74 bits per heavy atom. The first kappa shape index (κ1) is 35.9. The van der Waals surface area contributed by atoms with Gasteiger partial charge < -0.3 is 24.8 Å². The molecule has 2 fully saturated rings. The van der Waals surface area contributed by atoms with Crippen molar-refractivity contribution in [2.75, 3.05) is 31.1 Å². The second kappa shape index (κ2) is 16.2. The largest absolute Gasteiger partial charge is 0.494 e. The van der Waals surface area contributed by atoms with Gasteiger partial charge in [-0.15, -0.1) is 0 Å². The van der Waals surface area contributed by atoms with Crippen LogP contribution in [-0.4, -0.2) is 66.2 Å². The second-order valence-electron chi connectivity index (χ2n) is 12.7. The summed E-state index contributed by atoms with van der Waals surface area (Å²) in [6.07, 6.45) is 4.75. The van der Waals surface area contributed by atoms with Gasteiger partial charge in [0.15, 0.2) is 5.82 Å². The number of amides is 1. The van der Waals surface area contributed by atoms with Crippen LogP contribution in [0.1, 0.15) is 81.8 Å². The van der Waals surface area contributed by atoms with Gasteiger partial charge in [0.2, 0.25) is 5.91 Å². The average molecular weight is 667 g/mol. The van der Waals surface area contributed by atoms with E-state index in [1.54, 1.807) is 17.0 Å². The van der Waals surface area contributed by atoms with Gasteiger partial charge in [0, 0.05) is 25.6 Å². The third-order valence-electron chi connectivity index (χ3n) is 8.91. The van der Waals surface area contributed by atoms with Crippen LogP contribution in [0.15, 0.2) is 57.9 Å². The van der Waals surface area contributed by atoms with Crippen LogP contribution in [0.25, 0.3) is 0 Å². The van der Waals surface area contributed by atoms with E-state index in [-0.39, 0.29) is 22.8 Å². The Bertz CT molecular complexity index is 1590. The smallest absolute Gasteiger partial charge is 0.324 e. The highest BCUT2D eigenvalue weighted by Crippen LogP contribution is 2.30. The summed E-state index contributed by atoms with van der Waals surface area (Å²) in [5.74, 6) is 2.81. The molecule has 3 N–H and O–H groups in total. The molecule has 2 aliphatic rings. The van der Waals surface area contributed by atoms with Crippen molar-refractivity contribution >= 4 is 22.0 Å². The van der Waals surface area contributed by atoms with Gasteiger partial charge in [-0.05, 0) is 80.7 Å². The van der Waals surface area contributed by atoms with E-state index in [4.69, 9.17) is 19.5 Å². The molecule has 2 aliphatic heterocycles. The Labute approximate surface area is 277 Å². The molecule has 0 aliphatic carbocycles. The van der Waals surface area contributed by atoms with Gasteiger partial charge in [-0.25, -0.2) is 0 Å². The zero-order valence-electron chi connectivity index (χ0n) is 27.6. The van der Waals surface area contributed by atoms with Crippen LogP contribution < -0.4 is 15.4 Å². The maximum atomic E-state index is 12.7. The first-order valence-corrected chi connectivity index (χ1v) is 17.6. The van der Waals surface area contributed by atoms with Gasteiger partial charge in [-0.3, -0.25) is 9.35 Å². The van der Waals surface area contributed by atoms with E-state index < -0.39 is 16.2 Å². The number of aryl methyl sites for hydroxylation is 1. The Morgan fingerprint density at radius 1 is 1.09 bits per heavy atom. The number of nitrogens with zero attached hydrogens (tertiary/aromatic N) is 5. The number of carbonyl (C=O) groups is 1. The van der Waals surface area contributed by atoms with Crippen LogP contribution in [0.3, 0.4) is 0 Å². The topological polar surface area (TPSA) is 176 Å². The number of nitriles is 1. The summed E-state index contributed by atoms with van der Waals surface area (Å²) in [4.78, 5) is 21.0. The second-order valence-corrected chi connectivity index (χ2v) is 14.1. The van der Waals surface area contributed by atoms with E-state index >= 15 is 0 Å². The zero-order chi connectivity index (χ0) is 34.1. The van der Waals surface area contributed by atoms with E-state index in [1.165, 1.54) is 12.1 Å². The van der Waals surface area contributed by atoms with Crippen molar-refractivity contribution in [3.05, 3.63) is 65.5 Å². The average Bonchev–Trinajstić information content (AvgIpc) is 3.75. The zero-order valence-corrected chi connectivity index (χ0v) is 28.4. The molecular weight excluding hydrogens is 620 g/mol. The lowest BCUT2D eigenvalue weighted by molar-refractivity contribution is -0.132. The van der Waals surface area contributed by atoms with Gasteiger partial charge in [-0.1, -0.05) is 55.8 Å². The Hall–Kier alpha value is -3.99. The molecule has 3 aromatic rings. The third-order valence-corrected chi connectivity index (χ3v) is 9.78. The maximum Gasteiger partial charge on any atom is 0.324 e. The lowest BCUT2D eigenvalue weighted by Crippen LogP contribution is -2.40. The van der Waals surface area contributed by atoms with Gasteiger partial charge in [0.1, 0.15) is 17.8 Å². The first-order valence-electron chi connectivity index (χ1n) is 16.2. The molecule has 0 saturated carbocycles. The number of nitrogens with two attached hydrogens (primary N) is 1. The lowest BCUT2D eigenvalue weighted by Gasteiger charge is -2.33. The van der Waals surface area contributed by atoms with E-state index in [2.05, 4.69) is 41.9 Å². The fourth-order valence-corrected chi connectivity index (χ4v) is 6.30. The van der Waals surface area contributed by atoms with Crippen LogP contribution in [0.2, 0.25) is 0 Å². The molecule has 2 saturated heterocycles. The van der Waals surface area contributed by atoms with Crippen molar-refractivity contribution < 1.29 is 27.0 Å². The number of hydrogen-bond acceptors (Lipinski definition) is 10. The number of ether oxygens (including phenoxy) is 1. The predicted octanol–water partition coefficient (Wildman–Crippen LogP) is 5.27. The molecule has 0 unspecified atom stereocenters. The molecule has 0 radical (unpaired) electrons. The Balaban J connectivity index is 0.000000385. The third kappa shape index (κ3) is 9.76. The molecule has 0 bridgehead atoms. The van der Waals surface area contributed by atoms with Gasteiger partial charge in [0.25, 0.3) is 10.1 Å². The highest BCUT2D eigenvalue weighted by molar-refractivity contribution is 7.85. The summed E-state index contributed by atoms with van der Waals surface area (Å²) in [7, 11) is -4.02. The standard InChI is InChI=1S/C27H38N6O3.C7H8O3S/c1-18(2)25-30-27(36-31-25)32-14-10-20(11-15-32)19(3)12-16-35-23-8-6-21(7-9-23)24(29)26(34)33-13-4-5-22(33)17-28;1-6-2-4-7(5-3-6)11(8,9)10/h6-9,18-20,22,24H,4-5,10-16,29H2,1-3H3;2-5H,1H3,(H,8,9,10)/t19-,22+,24+;/m1./s1. The van der Waals surface area contributed by atoms with E-state index in [0.29, 0.717) is 31.0 Å². The van der Waals surface area contributed by atoms with Gasteiger partial charge in [0.05, 0.1) is 17.6 Å². The summed E-state index contributed by atoms with van der Waals surface area (Å²) in [5.41, 5.74) is 7.90. The number of hydrogen-bond donors (Lipinski definition) is 2. The fourth-order valence-electron chi connectivity index (χ4n) is 5.82. The summed E-state index contributed by atoms with van der Waals surface area (Å²) in [6.45, 7) is 11.4.